The van der Waals surface area contributed by atoms with Crippen LogP contribution in [0, 0.1) is 11.8 Å². The summed E-state index contributed by atoms with van der Waals surface area (Å²) in [6.45, 7) is 3.79. The molecule has 0 spiro atoms. The van der Waals surface area contributed by atoms with E-state index < -0.39 is 53.3 Å². The van der Waals surface area contributed by atoms with Crippen molar-refractivity contribution in [2.45, 2.75) is 114 Å². The Hall–Kier alpha value is -3.92. The first kappa shape index (κ1) is 35.4. The number of Topliss-reactive ketones (excluding diaryl/α,β-unsaturated/α-hetero) is 1. The van der Waals surface area contributed by atoms with E-state index in [-0.39, 0.29) is 24.3 Å². The van der Waals surface area contributed by atoms with Gasteiger partial charge in [-0.1, -0.05) is 86.2 Å². The SMILES string of the molecule is CC1(C)CC(CC(NC(=O)[C@H](CC2CCCCC2)NC(=O)OC(Cc2cccc(Cl)c2)c2ccccc2)C(=O)C(=O)NC2CC2)C(=O)N1. The maximum atomic E-state index is 14.0. The molecular formula is C37H47ClN4O6. The molecule has 10 nitrogen and oxygen atoms in total. The molecule has 2 aromatic carbocycles. The average molecular weight is 679 g/mol. The number of rotatable bonds is 14. The van der Waals surface area contributed by atoms with E-state index in [0.29, 0.717) is 24.3 Å². The van der Waals surface area contributed by atoms with Gasteiger partial charge in [0.05, 0.1) is 6.04 Å². The van der Waals surface area contributed by atoms with Crippen LogP contribution in [0.4, 0.5) is 4.79 Å². The highest BCUT2D eigenvalue weighted by molar-refractivity contribution is 6.38. The first-order valence-electron chi connectivity index (χ1n) is 17.2. The highest BCUT2D eigenvalue weighted by Crippen LogP contribution is 2.30. The quantitative estimate of drug-likeness (QED) is 0.199. The Bertz CT molecular complexity index is 1470. The van der Waals surface area contributed by atoms with E-state index in [1.807, 2.05) is 62.4 Å². The van der Waals surface area contributed by atoms with Gasteiger partial charge in [0, 0.05) is 28.9 Å². The number of nitrogens with one attached hydrogen (secondary N) is 4. The molecule has 3 aliphatic rings. The molecule has 1 heterocycles. The van der Waals surface area contributed by atoms with Crippen LogP contribution in [-0.2, 0) is 30.3 Å². The molecule has 5 rings (SSSR count). The average Bonchev–Trinajstić information content (AvgIpc) is 3.83. The molecule has 0 aromatic heterocycles. The van der Waals surface area contributed by atoms with E-state index >= 15 is 0 Å². The molecule has 3 fully saturated rings. The highest BCUT2D eigenvalue weighted by atomic mass is 35.5. The third-order valence-electron chi connectivity index (χ3n) is 9.51. The van der Waals surface area contributed by atoms with Crippen molar-refractivity contribution in [3.63, 3.8) is 0 Å². The van der Waals surface area contributed by atoms with Gasteiger partial charge in [-0.2, -0.15) is 0 Å². The predicted molar refractivity (Wildman–Crippen MR) is 182 cm³/mol. The molecule has 2 saturated carbocycles. The van der Waals surface area contributed by atoms with Gasteiger partial charge in [-0.05, 0) is 75.1 Å². The summed E-state index contributed by atoms with van der Waals surface area (Å²) in [5.41, 5.74) is 1.20. The smallest absolute Gasteiger partial charge is 0.408 e. The molecular weight excluding hydrogens is 632 g/mol. The summed E-state index contributed by atoms with van der Waals surface area (Å²) in [5, 5.41) is 11.8. The summed E-state index contributed by atoms with van der Waals surface area (Å²) >= 11 is 6.23. The third kappa shape index (κ3) is 10.3. The lowest BCUT2D eigenvalue weighted by molar-refractivity contribution is -0.141. The fourth-order valence-corrected chi connectivity index (χ4v) is 7.10. The van der Waals surface area contributed by atoms with Crippen LogP contribution in [0.1, 0.15) is 95.3 Å². The van der Waals surface area contributed by atoms with Crippen molar-refractivity contribution >= 4 is 41.2 Å². The first-order chi connectivity index (χ1) is 23.0. The van der Waals surface area contributed by atoms with Gasteiger partial charge in [0.25, 0.3) is 5.91 Å². The van der Waals surface area contributed by atoms with Gasteiger partial charge in [0.1, 0.15) is 12.1 Å². The Morgan fingerprint density at radius 2 is 1.65 bits per heavy atom. The minimum absolute atomic E-state index is 0.0196. The summed E-state index contributed by atoms with van der Waals surface area (Å²) in [5.74, 6) is -2.74. The zero-order valence-electron chi connectivity index (χ0n) is 27.8. The Kier molecular flexibility index (Phi) is 11.8. The Balaban J connectivity index is 1.33. The topological polar surface area (TPSA) is 143 Å². The standard InChI is InChI=1S/C37H47ClN4O6/c1-37(2)22-26(33(44)42-37)21-29(32(43)35(46)39-28-16-17-28)40-34(45)30(19-23-10-5-3-6-11-23)41-36(47)48-31(25-13-7-4-8-14-25)20-24-12-9-15-27(38)18-24/h4,7-9,12-15,18,23,26,28-31H,3,5-6,10-11,16-17,19-22H2,1-2H3,(H,39,46)(H,40,45)(H,41,47)(H,42,44)/t26?,29?,30-,31?/m0/s1. The maximum Gasteiger partial charge on any atom is 0.408 e. The molecule has 11 heteroatoms. The van der Waals surface area contributed by atoms with E-state index in [2.05, 4.69) is 21.3 Å². The lowest BCUT2D eigenvalue weighted by Gasteiger charge is -2.29. The number of carbonyl (C=O) groups is 5. The van der Waals surface area contributed by atoms with Gasteiger partial charge in [-0.3, -0.25) is 19.2 Å². The lowest BCUT2D eigenvalue weighted by Crippen LogP contribution is -2.55. The monoisotopic (exact) mass is 678 g/mol. The molecule has 48 heavy (non-hydrogen) atoms. The summed E-state index contributed by atoms with van der Waals surface area (Å²) in [7, 11) is 0. The number of amides is 4. The van der Waals surface area contributed by atoms with E-state index in [9.17, 15) is 24.0 Å². The van der Waals surface area contributed by atoms with Gasteiger partial charge in [-0.15, -0.1) is 0 Å². The number of halogens is 1. The van der Waals surface area contributed by atoms with Crippen molar-refractivity contribution < 1.29 is 28.7 Å². The van der Waals surface area contributed by atoms with Crippen LogP contribution >= 0.6 is 11.6 Å². The molecule has 4 atom stereocenters. The maximum absolute atomic E-state index is 14.0. The summed E-state index contributed by atoms with van der Waals surface area (Å²) in [6.07, 6.45) is 6.37. The van der Waals surface area contributed by atoms with Gasteiger partial charge in [-0.25, -0.2) is 4.79 Å². The second-order valence-electron chi connectivity index (χ2n) is 14.3. The van der Waals surface area contributed by atoms with Crippen molar-refractivity contribution in [2.24, 2.45) is 11.8 Å². The zero-order chi connectivity index (χ0) is 34.3. The molecule has 1 saturated heterocycles. The summed E-state index contributed by atoms with van der Waals surface area (Å²) in [6, 6.07) is 14.4. The van der Waals surface area contributed by atoms with Crippen molar-refractivity contribution in [3.8, 4) is 0 Å². The summed E-state index contributed by atoms with van der Waals surface area (Å²) < 4.78 is 5.98. The molecule has 1 aliphatic heterocycles. The predicted octanol–water partition coefficient (Wildman–Crippen LogP) is 5.33. The molecule has 0 bridgehead atoms. The van der Waals surface area contributed by atoms with Gasteiger partial charge in [0.15, 0.2) is 0 Å². The molecule has 3 unspecified atom stereocenters. The minimum atomic E-state index is -1.23. The number of carbonyl (C=O) groups excluding carboxylic acids is 5. The molecule has 2 aromatic rings. The van der Waals surface area contributed by atoms with Crippen LogP contribution in [0.2, 0.25) is 5.02 Å². The van der Waals surface area contributed by atoms with Crippen LogP contribution in [0.3, 0.4) is 0 Å². The van der Waals surface area contributed by atoms with Crippen molar-refractivity contribution in [3.05, 3.63) is 70.7 Å². The van der Waals surface area contributed by atoms with Crippen LogP contribution in [0.15, 0.2) is 54.6 Å². The summed E-state index contributed by atoms with van der Waals surface area (Å²) in [4.78, 5) is 66.7. The van der Waals surface area contributed by atoms with Crippen LogP contribution in [-0.4, -0.2) is 53.3 Å². The number of ketones is 1. The highest BCUT2D eigenvalue weighted by Gasteiger charge is 2.42. The van der Waals surface area contributed by atoms with Gasteiger partial charge in [0.2, 0.25) is 17.6 Å². The van der Waals surface area contributed by atoms with Crippen LogP contribution in [0.5, 0.6) is 0 Å². The van der Waals surface area contributed by atoms with E-state index in [1.54, 1.807) is 6.07 Å². The van der Waals surface area contributed by atoms with Gasteiger partial charge >= 0.3 is 6.09 Å². The van der Waals surface area contributed by atoms with E-state index in [1.165, 1.54) is 0 Å². The second-order valence-corrected chi connectivity index (χ2v) is 14.7. The Morgan fingerprint density at radius 3 is 2.29 bits per heavy atom. The number of alkyl carbamates (subject to hydrolysis) is 1. The third-order valence-corrected chi connectivity index (χ3v) is 9.75. The van der Waals surface area contributed by atoms with Crippen molar-refractivity contribution in [1.82, 2.24) is 21.3 Å². The minimum Gasteiger partial charge on any atom is -0.441 e. The number of benzene rings is 2. The van der Waals surface area contributed by atoms with Gasteiger partial charge < -0.3 is 26.0 Å². The molecule has 4 amide bonds. The number of hydrogen-bond donors (Lipinski definition) is 4. The number of hydrogen-bond acceptors (Lipinski definition) is 6. The Labute approximate surface area is 287 Å². The van der Waals surface area contributed by atoms with E-state index in [0.717, 1.165) is 56.1 Å². The fraction of sp³-hybridized carbons (Fsp3) is 0.541. The largest absolute Gasteiger partial charge is 0.441 e. The molecule has 2 aliphatic carbocycles. The molecule has 4 N–H and O–H groups in total. The Morgan fingerprint density at radius 1 is 0.917 bits per heavy atom. The fourth-order valence-electron chi connectivity index (χ4n) is 6.88. The second kappa shape index (κ2) is 16.0. The molecule has 258 valence electrons. The normalized spacial score (nSPS) is 20.9. The van der Waals surface area contributed by atoms with Crippen molar-refractivity contribution in [1.29, 1.82) is 0 Å². The van der Waals surface area contributed by atoms with Crippen LogP contribution < -0.4 is 21.3 Å². The first-order valence-corrected chi connectivity index (χ1v) is 17.6. The van der Waals surface area contributed by atoms with E-state index in [4.69, 9.17) is 16.3 Å². The molecule has 0 radical (unpaired) electrons. The van der Waals surface area contributed by atoms with Crippen LogP contribution in [0.25, 0.3) is 0 Å². The lowest BCUT2D eigenvalue weighted by atomic mass is 9.84. The zero-order valence-corrected chi connectivity index (χ0v) is 28.5. The number of ether oxygens (including phenoxy) is 1. The van der Waals surface area contributed by atoms with Crippen molar-refractivity contribution in [2.75, 3.05) is 0 Å².